The number of carboxylic acid groups (broad SMARTS) is 1. The molecule has 0 aromatic heterocycles. The van der Waals surface area contributed by atoms with Crippen LogP contribution in [0.2, 0.25) is 0 Å². The Balaban J connectivity index is 1.89. The minimum absolute atomic E-state index is 0.423. The topological polar surface area (TPSA) is 52.6 Å². The van der Waals surface area contributed by atoms with Gasteiger partial charge in [0.05, 0.1) is 0 Å². The molecule has 0 spiro atoms. The van der Waals surface area contributed by atoms with Crippen molar-refractivity contribution in [1.29, 1.82) is 0 Å². The molecule has 4 nitrogen and oxygen atoms in total. The zero-order valence-corrected chi connectivity index (χ0v) is 11.1. The predicted octanol–water partition coefficient (Wildman–Crippen LogP) is 1.17. The summed E-state index contributed by atoms with van der Waals surface area (Å²) in [5, 5.41) is 12.3. The third kappa shape index (κ3) is 2.47. The number of likely N-dealkylation sites (N-methyl/N-ethyl adjacent to an activating group) is 1. The van der Waals surface area contributed by atoms with Crippen LogP contribution < -0.4 is 5.32 Å². The fourth-order valence-corrected chi connectivity index (χ4v) is 3.10. The minimum atomic E-state index is -0.698. The van der Waals surface area contributed by atoms with Gasteiger partial charge in [0.1, 0.15) is 5.54 Å². The molecule has 98 valence electrons. The number of nitrogens with one attached hydrogen (secondary N) is 1. The lowest BCUT2D eigenvalue weighted by molar-refractivity contribution is -0.144. The van der Waals surface area contributed by atoms with Crippen LogP contribution in [-0.4, -0.2) is 48.2 Å². The molecule has 4 atom stereocenters. The molecule has 4 unspecified atom stereocenters. The monoisotopic (exact) mass is 240 g/mol. The van der Waals surface area contributed by atoms with E-state index in [-0.39, 0.29) is 0 Å². The van der Waals surface area contributed by atoms with Crippen LogP contribution >= 0.6 is 0 Å². The van der Waals surface area contributed by atoms with Crippen LogP contribution in [0.1, 0.15) is 32.6 Å². The second kappa shape index (κ2) is 4.58. The third-order valence-electron chi connectivity index (χ3n) is 4.80. The summed E-state index contributed by atoms with van der Waals surface area (Å²) in [5.74, 6) is 1.01. The second-order valence-electron chi connectivity index (χ2n) is 5.95. The van der Waals surface area contributed by atoms with Gasteiger partial charge in [-0.1, -0.05) is 6.92 Å². The van der Waals surface area contributed by atoms with Crippen molar-refractivity contribution >= 4 is 5.97 Å². The summed E-state index contributed by atoms with van der Waals surface area (Å²) in [6.07, 6.45) is 3.81. The van der Waals surface area contributed by atoms with E-state index < -0.39 is 11.5 Å². The predicted molar refractivity (Wildman–Crippen MR) is 67.0 cm³/mol. The molecule has 0 saturated heterocycles. The average molecular weight is 240 g/mol. The van der Waals surface area contributed by atoms with Gasteiger partial charge in [-0.15, -0.1) is 0 Å². The number of carbonyl (C=O) groups is 1. The van der Waals surface area contributed by atoms with Crippen molar-refractivity contribution in [2.24, 2.45) is 11.8 Å². The van der Waals surface area contributed by atoms with Crippen molar-refractivity contribution in [3.63, 3.8) is 0 Å². The molecule has 0 amide bonds. The van der Waals surface area contributed by atoms with Crippen molar-refractivity contribution in [3.8, 4) is 0 Å². The highest BCUT2D eigenvalue weighted by molar-refractivity contribution is 5.79. The van der Waals surface area contributed by atoms with E-state index in [0.717, 1.165) is 37.6 Å². The van der Waals surface area contributed by atoms with Crippen LogP contribution in [0.25, 0.3) is 0 Å². The molecular weight excluding hydrogens is 216 g/mol. The first kappa shape index (κ1) is 12.8. The van der Waals surface area contributed by atoms with E-state index >= 15 is 0 Å². The number of nitrogens with zero attached hydrogens (tertiary/aromatic N) is 1. The Morgan fingerprint density at radius 2 is 2.24 bits per heavy atom. The smallest absolute Gasteiger partial charge is 0.323 e. The van der Waals surface area contributed by atoms with Crippen molar-refractivity contribution in [2.45, 2.75) is 44.2 Å². The number of hydrogen-bond acceptors (Lipinski definition) is 3. The fourth-order valence-electron chi connectivity index (χ4n) is 3.10. The number of aliphatic carboxylic acids is 1. The molecule has 0 heterocycles. The normalized spacial score (nSPS) is 40.8. The van der Waals surface area contributed by atoms with Gasteiger partial charge in [0.2, 0.25) is 0 Å². The first-order valence-corrected chi connectivity index (χ1v) is 6.61. The molecule has 0 aliphatic heterocycles. The van der Waals surface area contributed by atoms with E-state index in [1.807, 2.05) is 0 Å². The summed E-state index contributed by atoms with van der Waals surface area (Å²) in [6.45, 7) is 3.42. The highest BCUT2D eigenvalue weighted by atomic mass is 16.4. The van der Waals surface area contributed by atoms with Crippen molar-refractivity contribution in [2.75, 3.05) is 20.6 Å². The van der Waals surface area contributed by atoms with E-state index in [1.54, 1.807) is 7.05 Å². The Bertz CT molecular complexity index is 308. The standard InChI is InChI=1S/C13H24N2O2/c1-9-6-10(9)8-15(3)11-4-5-13(7-11,14-2)12(16)17/h9-11,14H,4-8H2,1-3H3,(H,16,17). The maximum atomic E-state index is 11.3. The van der Waals surface area contributed by atoms with Crippen LogP contribution in [0.3, 0.4) is 0 Å². The largest absolute Gasteiger partial charge is 0.480 e. The van der Waals surface area contributed by atoms with Gasteiger partial charge in [0.25, 0.3) is 0 Å². The summed E-state index contributed by atoms with van der Waals surface area (Å²) in [4.78, 5) is 13.7. The van der Waals surface area contributed by atoms with E-state index in [0.29, 0.717) is 6.04 Å². The van der Waals surface area contributed by atoms with Crippen LogP contribution in [0.15, 0.2) is 0 Å². The molecule has 4 heteroatoms. The quantitative estimate of drug-likeness (QED) is 0.757. The molecule has 0 aromatic rings. The van der Waals surface area contributed by atoms with Gasteiger partial charge in [-0.3, -0.25) is 4.79 Å². The molecule has 0 aromatic carbocycles. The van der Waals surface area contributed by atoms with Crippen LogP contribution in [0, 0.1) is 11.8 Å². The molecule has 2 fully saturated rings. The molecule has 0 radical (unpaired) electrons. The van der Waals surface area contributed by atoms with Crippen LogP contribution in [0.4, 0.5) is 0 Å². The minimum Gasteiger partial charge on any atom is -0.480 e. The number of hydrogen-bond donors (Lipinski definition) is 2. The maximum Gasteiger partial charge on any atom is 0.323 e. The van der Waals surface area contributed by atoms with Gasteiger partial charge in [-0.25, -0.2) is 0 Å². The van der Waals surface area contributed by atoms with E-state index in [9.17, 15) is 9.90 Å². The second-order valence-corrected chi connectivity index (χ2v) is 5.95. The average Bonchev–Trinajstić information content (AvgIpc) is 2.84. The van der Waals surface area contributed by atoms with Gasteiger partial charge in [-0.2, -0.15) is 0 Å². The molecule has 0 bridgehead atoms. The van der Waals surface area contributed by atoms with Crippen LogP contribution in [0.5, 0.6) is 0 Å². The SMILES string of the molecule is CNC1(C(=O)O)CCC(N(C)CC2CC2C)C1. The zero-order valence-electron chi connectivity index (χ0n) is 11.1. The van der Waals surface area contributed by atoms with Gasteiger partial charge < -0.3 is 15.3 Å². The zero-order chi connectivity index (χ0) is 12.6. The highest BCUT2D eigenvalue weighted by Gasteiger charge is 2.46. The lowest BCUT2D eigenvalue weighted by atomic mass is 9.98. The van der Waals surface area contributed by atoms with Gasteiger partial charge in [0.15, 0.2) is 0 Å². The number of carboxylic acids is 1. The van der Waals surface area contributed by atoms with E-state index in [1.165, 1.54) is 6.42 Å². The summed E-state index contributed by atoms with van der Waals surface area (Å²) in [6, 6.07) is 0.423. The highest BCUT2D eigenvalue weighted by Crippen LogP contribution is 2.40. The Labute approximate surface area is 103 Å². The maximum absolute atomic E-state index is 11.3. The summed E-state index contributed by atoms with van der Waals surface area (Å²) in [5.41, 5.74) is -0.686. The van der Waals surface area contributed by atoms with E-state index in [2.05, 4.69) is 24.2 Å². The third-order valence-corrected chi connectivity index (χ3v) is 4.80. The molecule has 2 N–H and O–H groups in total. The Hall–Kier alpha value is -0.610. The van der Waals surface area contributed by atoms with Gasteiger partial charge >= 0.3 is 5.97 Å². The lowest BCUT2D eigenvalue weighted by Crippen LogP contribution is -2.49. The van der Waals surface area contributed by atoms with E-state index in [4.69, 9.17) is 0 Å². The Morgan fingerprint density at radius 1 is 1.59 bits per heavy atom. The Morgan fingerprint density at radius 3 is 2.65 bits per heavy atom. The Kier molecular flexibility index (Phi) is 3.46. The fraction of sp³-hybridized carbons (Fsp3) is 0.923. The first-order chi connectivity index (χ1) is 7.98. The van der Waals surface area contributed by atoms with Crippen molar-refractivity contribution in [3.05, 3.63) is 0 Å². The van der Waals surface area contributed by atoms with Crippen molar-refractivity contribution in [1.82, 2.24) is 10.2 Å². The first-order valence-electron chi connectivity index (χ1n) is 6.61. The van der Waals surface area contributed by atoms with Gasteiger partial charge in [-0.05, 0) is 51.6 Å². The molecule has 17 heavy (non-hydrogen) atoms. The van der Waals surface area contributed by atoms with Crippen LogP contribution in [-0.2, 0) is 4.79 Å². The summed E-state index contributed by atoms with van der Waals surface area (Å²) < 4.78 is 0. The molecule has 2 rings (SSSR count). The molecular formula is C13H24N2O2. The van der Waals surface area contributed by atoms with Gasteiger partial charge in [0, 0.05) is 12.6 Å². The molecule has 2 saturated carbocycles. The molecule has 2 aliphatic rings. The van der Waals surface area contributed by atoms with Crippen molar-refractivity contribution < 1.29 is 9.90 Å². The lowest BCUT2D eigenvalue weighted by Gasteiger charge is -2.27. The number of rotatable bonds is 5. The molecule has 2 aliphatic carbocycles. The summed E-state index contributed by atoms with van der Waals surface area (Å²) >= 11 is 0. The summed E-state index contributed by atoms with van der Waals surface area (Å²) in [7, 11) is 3.91.